The van der Waals surface area contributed by atoms with Gasteiger partial charge in [0.05, 0.1) is 18.7 Å². The van der Waals surface area contributed by atoms with Gasteiger partial charge in [0.25, 0.3) is 0 Å². The number of aromatic amines is 1. The van der Waals surface area contributed by atoms with Gasteiger partial charge in [-0.25, -0.2) is 9.37 Å². The molecule has 0 saturated heterocycles. The van der Waals surface area contributed by atoms with Crippen LogP contribution < -0.4 is 4.74 Å². The van der Waals surface area contributed by atoms with Crippen LogP contribution >= 0.6 is 0 Å². The normalized spacial score (nSPS) is 10.5. The number of nitrogens with zero attached hydrogens (tertiary/aromatic N) is 2. The average Bonchev–Trinajstić information content (AvgIpc) is 2.46. The van der Waals surface area contributed by atoms with Gasteiger partial charge in [0.15, 0.2) is 5.65 Å². The van der Waals surface area contributed by atoms with E-state index in [1.807, 2.05) is 0 Å². The largest absolute Gasteiger partial charge is 0.479 e. The van der Waals surface area contributed by atoms with Crippen molar-refractivity contribution >= 4 is 11.0 Å². The van der Waals surface area contributed by atoms with Gasteiger partial charge in [-0.05, 0) is 6.07 Å². The lowest BCUT2D eigenvalue weighted by Crippen LogP contribution is -1.83. The molecule has 2 rings (SSSR count). The number of halogens is 1. The molecule has 0 aliphatic rings. The van der Waals surface area contributed by atoms with Gasteiger partial charge in [-0.2, -0.15) is 0 Å². The zero-order chi connectivity index (χ0) is 8.55. The molecule has 5 heteroatoms. The molecule has 0 aromatic carbocycles. The van der Waals surface area contributed by atoms with E-state index in [2.05, 4.69) is 15.2 Å². The Bertz CT molecular complexity index is 412. The first kappa shape index (κ1) is 7.02. The lowest BCUT2D eigenvalue weighted by atomic mass is 10.3. The molecule has 2 heterocycles. The van der Waals surface area contributed by atoms with Crippen LogP contribution in [-0.4, -0.2) is 22.3 Å². The van der Waals surface area contributed by atoms with Crippen molar-refractivity contribution in [1.82, 2.24) is 15.2 Å². The highest BCUT2D eigenvalue weighted by atomic mass is 19.1. The Labute approximate surface area is 67.4 Å². The summed E-state index contributed by atoms with van der Waals surface area (Å²) in [6, 6.07) is 1.32. The summed E-state index contributed by atoms with van der Waals surface area (Å²) >= 11 is 0. The second-order valence-electron chi connectivity index (χ2n) is 2.28. The van der Waals surface area contributed by atoms with Gasteiger partial charge in [0.1, 0.15) is 5.82 Å². The maximum atomic E-state index is 12.7. The molecule has 0 amide bonds. The maximum absolute atomic E-state index is 12.7. The Kier molecular flexibility index (Phi) is 1.43. The smallest absolute Gasteiger partial charge is 0.242 e. The zero-order valence-corrected chi connectivity index (χ0v) is 6.34. The summed E-state index contributed by atoms with van der Waals surface area (Å²) in [5.41, 5.74) is 0.522. The quantitative estimate of drug-likeness (QED) is 0.692. The highest BCUT2D eigenvalue weighted by molar-refractivity contribution is 5.80. The average molecular weight is 167 g/mol. The Morgan fingerprint density at radius 2 is 2.42 bits per heavy atom. The predicted octanol–water partition coefficient (Wildman–Crippen LogP) is 1.11. The third-order valence-corrected chi connectivity index (χ3v) is 1.54. The molecule has 0 radical (unpaired) electrons. The molecule has 0 aliphatic carbocycles. The van der Waals surface area contributed by atoms with Crippen LogP contribution in [0.25, 0.3) is 11.0 Å². The van der Waals surface area contributed by atoms with Crippen LogP contribution in [-0.2, 0) is 0 Å². The van der Waals surface area contributed by atoms with E-state index in [4.69, 9.17) is 4.74 Å². The van der Waals surface area contributed by atoms with Gasteiger partial charge in [0, 0.05) is 0 Å². The molecule has 0 spiro atoms. The minimum absolute atomic E-state index is 0.358. The van der Waals surface area contributed by atoms with Crippen LogP contribution in [0.1, 0.15) is 0 Å². The Hall–Kier alpha value is -1.65. The monoisotopic (exact) mass is 167 g/mol. The van der Waals surface area contributed by atoms with Crippen molar-refractivity contribution in [2.75, 3.05) is 7.11 Å². The molecular formula is C7H6FN3O. The second-order valence-corrected chi connectivity index (χ2v) is 2.28. The molecule has 62 valence electrons. The number of rotatable bonds is 1. The van der Waals surface area contributed by atoms with E-state index in [9.17, 15) is 4.39 Å². The highest BCUT2D eigenvalue weighted by Crippen LogP contribution is 2.20. The van der Waals surface area contributed by atoms with E-state index in [1.54, 1.807) is 0 Å². The fourth-order valence-electron chi connectivity index (χ4n) is 1.01. The Morgan fingerprint density at radius 3 is 3.17 bits per heavy atom. The number of H-pyrrole nitrogens is 1. The van der Waals surface area contributed by atoms with Crippen LogP contribution in [0.15, 0.2) is 12.3 Å². The Balaban J connectivity index is 2.75. The van der Waals surface area contributed by atoms with E-state index >= 15 is 0 Å². The molecule has 1 N–H and O–H groups in total. The molecular weight excluding hydrogens is 161 g/mol. The van der Waals surface area contributed by atoms with Gasteiger partial charge in [-0.1, -0.05) is 0 Å². The highest BCUT2D eigenvalue weighted by Gasteiger charge is 2.06. The molecule has 0 fully saturated rings. The number of nitrogens with one attached hydrogen (secondary N) is 1. The first-order valence-electron chi connectivity index (χ1n) is 3.35. The molecule has 0 atom stereocenters. The number of ether oxygens (including phenoxy) is 1. The van der Waals surface area contributed by atoms with Crippen LogP contribution in [0.3, 0.4) is 0 Å². The van der Waals surface area contributed by atoms with E-state index in [-0.39, 0.29) is 0 Å². The lowest BCUT2D eigenvalue weighted by molar-refractivity contribution is 0.401. The molecule has 2 aromatic heterocycles. The van der Waals surface area contributed by atoms with Crippen LogP contribution in [0.4, 0.5) is 4.39 Å². The number of fused-ring (bicyclic) bond motifs is 1. The van der Waals surface area contributed by atoms with Crippen molar-refractivity contribution in [3.05, 3.63) is 18.1 Å². The lowest BCUT2D eigenvalue weighted by Gasteiger charge is -1.92. The summed E-state index contributed by atoms with van der Waals surface area (Å²) in [6.45, 7) is 0. The second kappa shape index (κ2) is 2.44. The minimum Gasteiger partial charge on any atom is -0.479 e. The van der Waals surface area contributed by atoms with Gasteiger partial charge >= 0.3 is 0 Å². The number of methoxy groups -OCH3 is 1. The van der Waals surface area contributed by atoms with Gasteiger partial charge in [-0.15, -0.1) is 5.10 Å². The van der Waals surface area contributed by atoms with Crippen LogP contribution in [0.2, 0.25) is 0 Å². The van der Waals surface area contributed by atoms with Crippen molar-refractivity contribution in [3.8, 4) is 5.88 Å². The zero-order valence-electron chi connectivity index (χ0n) is 6.34. The molecule has 0 bridgehead atoms. The first-order valence-corrected chi connectivity index (χ1v) is 3.35. The molecule has 4 nitrogen and oxygen atoms in total. The minimum atomic E-state index is -0.401. The van der Waals surface area contributed by atoms with E-state index < -0.39 is 5.82 Å². The van der Waals surface area contributed by atoms with Crippen LogP contribution in [0, 0.1) is 5.82 Å². The van der Waals surface area contributed by atoms with Crippen molar-refractivity contribution in [3.63, 3.8) is 0 Å². The Morgan fingerprint density at radius 1 is 1.58 bits per heavy atom. The van der Waals surface area contributed by atoms with E-state index in [1.165, 1.54) is 13.2 Å². The van der Waals surface area contributed by atoms with Gasteiger partial charge in [-0.3, -0.25) is 5.10 Å². The summed E-state index contributed by atoms with van der Waals surface area (Å²) in [7, 11) is 1.47. The topological polar surface area (TPSA) is 50.8 Å². The molecule has 12 heavy (non-hydrogen) atoms. The van der Waals surface area contributed by atoms with Crippen molar-refractivity contribution in [2.45, 2.75) is 0 Å². The number of hydrogen-bond acceptors (Lipinski definition) is 3. The molecule has 0 aliphatic heterocycles. The van der Waals surface area contributed by atoms with Crippen LogP contribution in [0.5, 0.6) is 5.88 Å². The van der Waals surface area contributed by atoms with E-state index in [0.717, 1.165) is 6.20 Å². The summed E-state index contributed by atoms with van der Waals surface area (Å²) in [4.78, 5) is 3.78. The summed E-state index contributed by atoms with van der Waals surface area (Å²) in [5.74, 6) is -0.0424. The summed E-state index contributed by atoms with van der Waals surface area (Å²) < 4.78 is 17.5. The molecule has 2 aromatic rings. The van der Waals surface area contributed by atoms with E-state index in [0.29, 0.717) is 16.9 Å². The number of pyridine rings is 1. The third kappa shape index (κ3) is 0.903. The molecule has 0 saturated carbocycles. The van der Waals surface area contributed by atoms with Crippen molar-refractivity contribution in [1.29, 1.82) is 0 Å². The fraction of sp³-hybridized carbons (Fsp3) is 0.143. The van der Waals surface area contributed by atoms with Gasteiger partial charge in [0.2, 0.25) is 5.88 Å². The summed E-state index contributed by atoms with van der Waals surface area (Å²) in [6.07, 6.45) is 1.12. The number of aromatic nitrogens is 3. The predicted molar refractivity (Wildman–Crippen MR) is 40.4 cm³/mol. The summed E-state index contributed by atoms with van der Waals surface area (Å²) in [5, 5.41) is 6.95. The standard InChI is InChI=1S/C7H6FN3O/c1-12-7-5-2-4(8)3-9-6(5)10-11-7/h2-3H,1H3,(H,9,10,11). The van der Waals surface area contributed by atoms with Gasteiger partial charge < -0.3 is 4.74 Å². The third-order valence-electron chi connectivity index (χ3n) is 1.54. The fourth-order valence-corrected chi connectivity index (χ4v) is 1.01. The first-order chi connectivity index (χ1) is 5.81. The number of hydrogen-bond donors (Lipinski definition) is 1. The maximum Gasteiger partial charge on any atom is 0.242 e. The molecule has 0 unspecified atom stereocenters. The van der Waals surface area contributed by atoms with Crippen molar-refractivity contribution in [2.24, 2.45) is 0 Å². The SMILES string of the molecule is COc1n[nH]c2ncc(F)cc12. The van der Waals surface area contributed by atoms with Crippen molar-refractivity contribution < 1.29 is 9.13 Å².